The van der Waals surface area contributed by atoms with Gasteiger partial charge in [-0.2, -0.15) is 32.9 Å². The predicted molar refractivity (Wildman–Crippen MR) is 107 cm³/mol. The van der Waals surface area contributed by atoms with Crippen LogP contribution in [0.1, 0.15) is 73.9 Å². The van der Waals surface area contributed by atoms with Gasteiger partial charge >= 0.3 is 6.18 Å². The summed E-state index contributed by atoms with van der Waals surface area (Å²) in [6.45, 7) is 2.34. The van der Waals surface area contributed by atoms with Crippen molar-refractivity contribution in [3.63, 3.8) is 0 Å². The third-order valence-electron chi connectivity index (χ3n) is 6.50. The second-order valence-electron chi connectivity index (χ2n) is 8.73. The van der Waals surface area contributed by atoms with Gasteiger partial charge < -0.3 is 0 Å². The standard InChI is InChI=1S/C21H26F3N7/c22-21(23,24)19-9-18(28-20-25-14-27-31(19)20)16-5-4-8-29(13-16)11-15-10-26-30(12-15)17-6-2-1-3-7-17/h9-10,12,14,16-17H,1-8,11,13H2. The number of alkyl halides is 3. The lowest BCUT2D eigenvalue weighted by Crippen LogP contribution is -2.34. The van der Waals surface area contributed by atoms with E-state index in [-0.39, 0.29) is 11.7 Å². The zero-order valence-corrected chi connectivity index (χ0v) is 17.3. The molecule has 1 unspecified atom stereocenters. The van der Waals surface area contributed by atoms with Crippen LogP contribution in [0.15, 0.2) is 24.8 Å². The molecule has 2 aliphatic rings. The van der Waals surface area contributed by atoms with E-state index in [1.54, 1.807) is 0 Å². The predicted octanol–water partition coefficient (Wildman–Crippen LogP) is 4.22. The molecule has 0 radical (unpaired) electrons. The van der Waals surface area contributed by atoms with Crippen molar-refractivity contribution in [1.29, 1.82) is 0 Å². The van der Waals surface area contributed by atoms with Gasteiger partial charge in [0, 0.05) is 30.8 Å². The SMILES string of the molecule is FC(F)(F)c1cc(C2CCCN(Cc3cnn(C4CCCCC4)c3)C2)nc2ncnn12. The number of halogens is 3. The van der Waals surface area contributed by atoms with Crippen LogP contribution in [-0.4, -0.2) is 47.4 Å². The number of piperidine rings is 1. The minimum Gasteiger partial charge on any atom is -0.298 e. The van der Waals surface area contributed by atoms with Gasteiger partial charge in [-0.15, -0.1) is 0 Å². The molecule has 1 saturated carbocycles. The summed E-state index contributed by atoms with van der Waals surface area (Å²) in [4.78, 5) is 10.6. The number of likely N-dealkylation sites (tertiary alicyclic amines) is 1. The number of nitrogens with zero attached hydrogens (tertiary/aromatic N) is 7. The maximum atomic E-state index is 13.5. The van der Waals surface area contributed by atoms with Crippen LogP contribution in [0.3, 0.4) is 0 Å². The maximum Gasteiger partial charge on any atom is 0.433 e. The summed E-state index contributed by atoms with van der Waals surface area (Å²) in [5.74, 6) is -0.0688. The van der Waals surface area contributed by atoms with Crippen LogP contribution >= 0.6 is 0 Å². The molecule has 10 heteroatoms. The van der Waals surface area contributed by atoms with E-state index in [9.17, 15) is 13.2 Å². The molecule has 166 valence electrons. The quantitative estimate of drug-likeness (QED) is 0.616. The van der Waals surface area contributed by atoms with E-state index in [2.05, 4.69) is 35.9 Å². The zero-order valence-electron chi connectivity index (χ0n) is 17.3. The van der Waals surface area contributed by atoms with Gasteiger partial charge in [-0.1, -0.05) is 19.3 Å². The molecule has 3 aromatic rings. The third-order valence-corrected chi connectivity index (χ3v) is 6.50. The van der Waals surface area contributed by atoms with Gasteiger partial charge in [-0.05, 0) is 38.3 Å². The van der Waals surface area contributed by atoms with Crippen molar-refractivity contribution >= 4 is 5.78 Å². The van der Waals surface area contributed by atoms with Gasteiger partial charge in [0.05, 0.1) is 17.9 Å². The molecule has 0 aromatic carbocycles. The van der Waals surface area contributed by atoms with Gasteiger partial charge in [0.2, 0.25) is 0 Å². The van der Waals surface area contributed by atoms with Crippen LogP contribution in [0.2, 0.25) is 0 Å². The number of fused-ring (bicyclic) bond motifs is 1. The van der Waals surface area contributed by atoms with Crippen molar-refractivity contribution in [2.45, 2.75) is 69.6 Å². The summed E-state index contributed by atoms with van der Waals surface area (Å²) in [5.41, 5.74) is 0.773. The molecule has 1 aliphatic carbocycles. The number of rotatable bonds is 4. The summed E-state index contributed by atoms with van der Waals surface area (Å²) in [5, 5.41) is 8.27. The van der Waals surface area contributed by atoms with Gasteiger partial charge in [-0.3, -0.25) is 9.58 Å². The normalized spacial score (nSPS) is 21.7. The minimum atomic E-state index is -4.51. The van der Waals surface area contributed by atoms with Crippen molar-refractivity contribution in [3.8, 4) is 0 Å². The van der Waals surface area contributed by atoms with Crippen molar-refractivity contribution in [3.05, 3.63) is 41.7 Å². The minimum absolute atomic E-state index is 0.00398. The van der Waals surface area contributed by atoms with E-state index >= 15 is 0 Å². The summed E-state index contributed by atoms with van der Waals surface area (Å²) in [7, 11) is 0. The van der Waals surface area contributed by atoms with Crippen molar-refractivity contribution < 1.29 is 13.2 Å². The topological polar surface area (TPSA) is 64.1 Å². The zero-order chi connectivity index (χ0) is 21.4. The first kappa shape index (κ1) is 20.4. The van der Waals surface area contributed by atoms with Crippen molar-refractivity contribution in [2.24, 2.45) is 0 Å². The fraction of sp³-hybridized carbons (Fsp3) is 0.619. The molecule has 0 spiro atoms. The number of hydrogen-bond donors (Lipinski definition) is 0. The number of hydrogen-bond acceptors (Lipinski definition) is 5. The van der Waals surface area contributed by atoms with Crippen molar-refractivity contribution in [2.75, 3.05) is 13.1 Å². The highest BCUT2D eigenvalue weighted by Gasteiger charge is 2.36. The Morgan fingerprint density at radius 2 is 1.87 bits per heavy atom. The van der Waals surface area contributed by atoms with Crippen molar-refractivity contribution in [1.82, 2.24) is 34.3 Å². The Balaban J connectivity index is 1.31. The molecule has 0 N–H and O–H groups in total. The lowest BCUT2D eigenvalue weighted by molar-refractivity contribution is -0.142. The van der Waals surface area contributed by atoms with E-state index in [0.717, 1.165) is 48.4 Å². The van der Waals surface area contributed by atoms with Crippen LogP contribution in [0.5, 0.6) is 0 Å². The van der Waals surface area contributed by atoms with E-state index in [1.165, 1.54) is 32.1 Å². The molecule has 7 nitrogen and oxygen atoms in total. The van der Waals surface area contributed by atoms with Crippen LogP contribution in [0.25, 0.3) is 5.78 Å². The summed E-state index contributed by atoms with van der Waals surface area (Å²) >= 11 is 0. The molecular weight excluding hydrogens is 407 g/mol. The summed E-state index contributed by atoms with van der Waals surface area (Å²) in [6, 6.07) is 1.63. The molecule has 0 amide bonds. The third kappa shape index (κ3) is 4.30. The Morgan fingerprint density at radius 1 is 1.03 bits per heavy atom. The summed E-state index contributed by atoms with van der Waals surface area (Å²) in [6.07, 6.45) is 8.61. The van der Waals surface area contributed by atoms with Crippen LogP contribution in [-0.2, 0) is 12.7 Å². The smallest absolute Gasteiger partial charge is 0.298 e. The van der Waals surface area contributed by atoms with Gasteiger partial charge in [0.15, 0.2) is 5.69 Å². The molecule has 3 aromatic heterocycles. The fourth-order valence-corrected chi connectivity index (χ4v) is 4.94. The molecule has 5 rings (SSSR count). The van der Waals surface area contributed by atoms with E-state index in [1.807, 2.05) is 6.20 Å². The second-order valence-corrected chi connectivity index (χ2v) is 8.73. The van der Waals surface area contributed by atoms with Crippen LogP contribution in [0, 0.1) is 0 Å². The Morgan fingerprint density at radius 3 is 2.68 bits per heavy atom. The molecule has 1 atom stereocenters. The first-order chi connectivity index (χ1) is 15.0. The maximum absolute atomic E-state index is 13.5. The average Bonchev–Trinajstić information content (AvgIpc) is 3.42. The van der Waals surface area contributed by atoms with Gasteiger partial charge in [0.25, 0.3) is 5.78 Å². The second kappa shape index (κ2) is 8.22. The molecule has 31 heavy (non-hydrogen) atoms. The summed E-state index contributed by atoms with van der Waals surface area (Å²) < 4.78 is 43.5. The fourth-order valence-electron chi connectivity index (χ4n) is 4.94. The van der Waals surface area contributed by atoms with E-state index in [0.29, 0.717) is 18.3 Å². The molecule has 0 bridgehead atoms. The first-order valence-corrected chi connectivity index (χ1v) is 11.0. The molecule has 2 fully saturated rings. The molecular formula is C21H26F3N7. The Hall–Kier alpha value is -2.49. The highest BCUT2D eigenvalue weighted by molar-refractivity contribution is 5.33. The molecule has 1 saturated heterocycles. The van der Waals surface area contributed by atoms with Crippen LogP contribution < -0.4 is 0 Å². The monoisotopic (exact) mass is 433 g/mol. The number of aromatic nitrogens is 6. The van der Waals surface area contributed by atoms with E-state index in [4.69, 9.17) is 0 Å². The van der Waals surface area contributed by atoms with Crippen LogP contribution in [0.4, 0.5) is 13.2 Å². The Bertz CT molecular complexity index is 1040. The average molecular weight is 433 g/mol. The first-order valence-electron chi connectivity index (χ1n) is 11.0. The largest absolute Gasteiger partial charge is 0.433 e. The van der Waals surface area contributed by atoms with Gasteiger partial charge in [-0.25, -0.2) is 4.98 Å². The lowest BCUT2D eigenvalue weighted by atomic mass is 9.94. The highest BCUT2D eigenvalue weighted by atomic mass is 19.4. The van der Waals surface area contributed by atoms with Gasteiger partial charge in [0.1, 0.15) is 6.33 Å². The van der Waals surface area contributed by atoms with E-state index < -0.39 is 11.9 Å². The lowest BCUT2D eigenvalue weighted by Gasteiger charge is -2.32. The molecule has 1 aliphatic heterocycles. The highest BCUT2D eigenvalue weighted by Crippen LogP contribution is 2.33. The Kier molecular flexibility index (Phi) is 5.41. The molecule has 4 heterocycles. The Labute approximate surface area is 178 Å².